The van der Waals surface area contributed by atoms with Crippen molar-refractivity contribution in [2.45, 2.75) is 26.7 Å². The predicted octanol–water partition coefficient (Wildman–Crippen LogP) is 1.18. The van der Waals surface area contributed by atoms with E-state index in [1.54, 1.807) is 0 Å². The van der Waals surface area contributed by atoms with E-state index in [2.05, 4.69) is 10.4 Å². The van der Waals surface area contributed by atoms with E-state index in [4.69, 9.17) is 5.84 Å². The highest BCUT2D eigenvalue weighted by Crippen LogP contribution is 1.90. The van der Waals surface area contributed by atoms with E-state index in [0.29, 0.717) is 0 Å². The Labute approximate surface area is 62.0 Å². The minimum absolute atomic E-state index is 0.740. The molecule has 3 N–H and O–H groups in total. The molecule has 0 radical (unpaired) electrons. The monoisotopic (exact) mass is 141 g/mol. The molecule has 10 heavy (non-hydrogen) atoms. The molecule has 0 spiro atoms. The first kappa shape index (κ1) is 9.17. The van der Waals surface area contributed by atoms with E-state index in [0.717, 1.165) is 18.7 Å². The molecule has 0 saturated carbocycles. The summed E-state index contributed by atoms with van der Waals surface area (Å²) in [5.41, 5.74) is 2.50. The van der Waals surface area contributed by atoms with Gasteiger partial charge in [0.2, 0.25) is 0 Å². The Hall–Kier alpha value is -0.830. The zero-order valence-corrected chi connectivity index (χ0v) is 6.59. The number of hydrazine groups is 1. The Morgan fingerprint density at radius 1 is 1.50 bits per heavy atom. The van der Waals surface area contributed by atoms with Crippen LogP contribution in [-0.4, -0.2) is 6.21 Å². The number of hydrogen-bond acceptors (Lipinski definition) is 3. The van der Waals surface area contributed by atoms with Crippen LogP contribution in [0.15, 0.2) is 16.9 Å². The number of nitrogens with two attached hydrogens (primary N) is 1. The summed E-state index contributed by atoms with van der Waals surface area (Å²) in [4.78, 5) is 4.05. The maximum absolute atomic E-state index is 5.17. The zero-order chi connectivity index (χ0) is 7.82. The SMILES string of the molecule is CCC=N/C(=C/CC)NN. The number of allylic oxidation sites excluding steroid dienone is 1. The first-order valence-corrected chi connectivity index (χ1v) is 3.54. The van der Waals surface area contributed by atoms with Gasteiger partial charge in [-0.05, 0) is 18.9 Å². The van der Waals surface area contributed by atoms with Gasteiger partial charge in [-0.1, -0.05) is 13.8 Å². The summed E-state index contributed by atoms with van der Waals surface area (Å²) in [5, 5.41) is 0. The largest absolute Gasteiger partial charge is 0.309 e. The topological polar surface area (TPSA) is 50.4 Å². The second kappa shape index (κ2) is 6.29. The van der Waals surface area contributed by atoms with Crippen LogP contribution in [0, 0.1) is 0 Å². The molecule has 0 fully saturated rings. The van der Waals surface area contributed by atoms with Crippen molar-refractivity contribution in [3.63, 3.8) is 0 Å². The number of aliphatic imine (C=N–C) groups is 1. The normalized spacial score (nSPS) is 12.5. The lowest BCUT2D eigenvalue weighted by molar-refractivity contribution is 0.857. The molecule has 0 saturated heterocycles. The molecule has 0 aliphatic rings. The molecule has 0 aromatic heterocycles. The highest BCUT2D eigenvalue weighted by Gasteiger charge is 1.83. The van der Waals surface area contributed by atoms with Crippen LogP contribution < -0.4 is 11.3 Å². The van der Waals surface area contributed by atoms with Crippen molar-refractivity contribution in [2.24, 2.45) is 10.8 Å². The number of nitrogens with one attached hydrogen (secondary N) is 1. The zero-order valence-electron chi connectivity index (χ0n) is 6.59. The van der Waals surface area contributed by atoms with Crippen molar-refractivity contribution in [2.75, 3.05) is 0 Å². The van der Waals surface area contributed by atoms with Gasteiger partial charge in [0.05, 0.1) is 0 Å². The van der Waals surface area contributed by atoms with Crippen LogP contribution in [0.5, 0.6) is 0 Å². The molecule has 58 valence electrons. The maximum Gasteiger partial charge on any atom is 0.135 e. The van der Waals surface area contributed by atoms with Gasteiger partial charge >= 0.3 is 0 Å². The molecule has 0 atom stereocenters. The molecule has 0 aliphatic heterocycles. The second-order valence-electron chi connectivity index (χ2n) is 1.86. The van der Waals surface area contributed by atoms with Gasteiger partial charge < -0.3 is 5.43 Å². The summed E-state index contributed by atoms with van der Waals surface area (Å²) in [5.74, 6) is 5.91. The van der Waals surface area contributed by atoms with Gasteiger partial charge in [0.1, 0.15) is 5.82 Å². The average Bonchev–Trinajstić information content (AvgIpc) is 1.98. The smallest absolute Gasteiger partial charge is 0.135 e. The van der Waals surface area contributed by atoms with Gasteiger partial charge in [0, 0.05) is 6.21 Å². The first-order chi connectivity index (χ1) is 4.85. The minimum atomic E-state index is 0.740. The van der Waals surface area contributed by atoms with Gasteiger partial charge in [0.25, 0.3) is 0 Å². The van der Waals surface area contributed by atoms with E-state index in [1.165, 1.54) is 0 Å². The molecule has 0 aliphatic carbocycles. The van der Waals surface area contributed by atoms with Crippen LogP contribution in [0.1, 0.15) is 26.7 Å². The van der Waals surface area contributed by atoms with Gasteiger partial charge in [-0.25, -0.2) is 10.8 Å². The Morgan fingerprint density at radius 2 is 2.20 bits per heavy atom. The minimum Gasteiger partial charge on any atom is -0.309 e. The van der Waals surface area contributed by atoms with Crippen LogP contribution in [0.2, 0.25) is 0 Å². The molecular weight excluding hydrogens is 126 g/mol. The summed E-state index contributed by atoms with van der Waals surface area (Å²) in [7, 11) is 0. The Morgan fingerprint density at radius 3 is 2.60 bits per heavy atom. The van der Waals surface area contributed by atoms with E-state index in [9.17, 15) is 0 Å². The fraction of sp³-hybridized carbons (Fsp3) is 0.571. The van der Waals surface area contributed by atoms with E-state index >= 15 is 0 Å². The standard InChI is InChI=1S/C7H15N3/c1-3-5-7(10-8)9-6-4-2/h5-6,10H,3-4,8H2,1-2H3/b7-5-,9-6?. The van der Waals surface area contributed by atoms with Crippen molar-refractivity contribution in [1.82, 2.24) is 5.43 Å². The highest BCUT2D eigenvalue weighted by atomic mass is 15.3. The summed E-state index contributed by atoms with van der Waals surface area (Å²) in [6, 6.07) is 0. The molecule has 3 heteroatoms. The van der Waals surface area contributed by atoms with Gasteiger partial charge in [-0.15, -0.1) is 0 Å². The maximum atomic E-state index is 5.17. The van der Waals surface area contributed by atoms with Crippen molar-refractivity contribution < 1.29 is 0 Å². The molecule has 0 rings (SSSR count). The third-order valence-electron chi connectivity index (χ3n) is 0.958. The molecule has 0 unspecified atom stereocenters. The lowest BCUT2D eigenvalue weighted by Gasteiger charge is -1.96. The highest BCUT2D eigenvalue weighted by molar-refractivity contribution is 5.58. The third kappa shape index (κ3) is 4.09. The first-order valence-electron chi connectivity index (χ1n) is 3.54. The average molecular weight is 141 g/mol. The molecule has 3 nitrogen and oxygen atoms in total. The van der Waals surface area contributed by atoms with Crippen molar-refractivity contribution in [1.29, 1.82) is 0 Å². The van der Waals surface area contributed by atoms with Crippen LogP contribution in [-0.2, 0) is 0 Å². The van der Waals surface area contributed by atoms with Gasteiger partial charge in [0.15, 0.2) is 0 Å². The quantitative estimate of drug-likeness (QED) is 0.351. The molecule has 0 heterocycles. The van der Waals surface area contributed by atoms with Crippen LogP contribution in [0.3, 0.4) is 0 Å². The van der Waals surface area contributed by atoms with Crippen LogP contribution in [0.4, 0.5) is 0 Å². The Balaban J connectivity index is 3.82. The number of rotatable bonds is 4. The lowest BCUT2D eigenvalue weighted by Crippen LogP contribution is -2.19. The Bertz CT molecular complexity index is 127. The van der Waals surface area contributed by atoms with Crippen LogP contribution >= 0.6 is 0 Å². The molecule has 0 aromatic rings. The number of nitrogens with zero attached hydrogens (tertiary/aromatic N) is 1. The van der Waals surface area contributed by atoms with Crippen molar-refractivity contribution >= 4 is 6.21 Å². The predicted molar refractivity (Wildman–Crippen MR) is 44.5 cm³/mol. The fourth-order valence-corrected chi connectivity index (χ4v) is 0.532. The summed E-state index contributed by atoms with van der Waals surface area (Å²) in [6.07, 6.45) is 5.64. The lowest BCUT2D eigenvalue weighted by atomic mass is 10.4. The molecule has 0 amide bonds. The molecular formula is C7H15N3. The summed E-state index contributed by atoms with van der Waals surface area (Å²) >= 11 is 0. The van der Waals surface area contributed by atoms with Crippen molar-refractivity contribution in [3.8, 4) is 0 Å². The van der Waals surface area contributed by atoms with E-state index < -0.39 is 0 Å². The van der Waals surface area contributed by atoms with Crippen molar-refractivity contribution in [3.05, 3.63) is 11.9 Å². The number of hydrogen-bond donors (Lipinski definition) is 2. The van der Waals surface area contributed by atoms with Crippen LogP contribution in [0.25, 0.3) is 0 Å². The molecule has 0 aromatic carbocycles. The van der Waals surface area contributed by atoms with E-state index in [1.807, 2.05) is 26.1 Å². The summed E-state index contributed by atoms with van der Waals surface area (Å²) < 4.78 is 0. The van der Waals surface area contributed by atoms with E-state index in [-0.39, 0.29) is 0 Å². The Kier molecular flexibility index (Phi) is 5.77. The fourth-order valence-electron chi connectivity index (χ4n) is 0.532. The third-order valence-corrected chi connectivity index (χ3v) is 0.958. The summed E-state index contributed by atoms with van der Waals surface area (Å²) in [6.45, 7) is 4.07. The second-order valence-corrected chi connectivity index (χ2v) is 1.86. The van der Waals surface area contributed by atoms with Gasteiger partial charge in [-0.3, -0.25) is 0 Å². The molecule has 0 bridgehead atoms. The van der Waals surface area contributed by atoms with Gasteiger partial charge in [-0.2, -0.15) is 0 Å².